The van der Waals surface area contributed by atoms with Crippen molar-refractivity contribution >= 4 is 26.8 Å². The Morgan fingerprint density at radius 3 is 2.90 bits per heavy atom. The Kier molecular flexibility index (Phi) is 4.52. The van der Waals surface area contributed by atoms with Crippen LogP contribution in [0, 0.1) is 5.82 Å². The van der Waals surface area contributed by atoms with E-state index < -0.39 is 0 Å². The molecule has 29 heavy (non-hydrogen) atoms. The van der Waals surface area contributed by atoms with Crippen LogP contribution in [0.5, 0.6) is 0 Å². The van der Waals surface area contributed by atoms with Crippen LogP contribution in [-0.4, -0.2) is 51.0 Å². The van der Waals surface area contributed by atoms with E-state index in [4.69, 9.17) is 9.26 Å². The third-order valence-electron chi connectivity index (χ3n) is 4.51. The van der Waals surface area contributed by atoms with Gasteiger partial charge in [-0.3, -0.25) is 9.36 Å². The van der Waals surface area contributed by atoms with Crippen molar-refractivity contribution in [3.63, 3.8) is 0 Å². The van der Waals surface area contributed by atoms with E-state index in [0.717, 1.165) is 18.2 Å². The lowest BCUT2D eigenvalue weighted by Gasteiger charge is -2.25. The average Bonchev–Trinajstić information content (AvgIpc) is 3.39. The minimum absolute atomic E-state index is 0.0644. The Hall–Kier alpha value is -3.18. The summed E-state index contributed by atoms with van der Waals surface area (Å²) < 4.78 is 25.8. The Labute approximate surface area is 167 Å². The van der Waals surface area contributed by atoms with Gasteiger partial charge in [0.25, 0.3) is 5.56 Å². The molecule has 9 nitrogen and oxygen atoms in total. The van der Waals surface area contributed by atoms with Crippen LogP contribution in [0.1, 0.15) is 5.89 Å². The molecule has 0 N–H and O–H groups in total. The number of ether oxygens (including phenoxy) is 1. The van der Waals surface area contributed by atoms with Gasteiger partial charge in [-0.2, -0.15) is 9.97 Å². The van der Waals surface area contributed by atoms with Crippen molar-refractivity contribution in [1.29, 1.82) is 0 Å². The highest BCUT2D eigenvalue weighted by Gasteiger charge is 2.19. The zero-order valence-electron chi connectivity index (χ0n) is 15.1. The number of benzene rings is 1. The van der Waals surface area contributed by atoms with Crippen LogP contribution in [0.25, 0.3) is 21.7 Å². The number of hydrogen-bond donors (Lipinski definition) is 0. The van der Waals surface area contributed by atoms with E-state index in [1.165, 1.54) is 34.4 Å². The first-order valence-corrected chi connectivity index (χ1v) is 9.76. The van der Waals surface area contributed by atoms with Crippen molar-refractivity contribution in [2.24, 2.45) is 0 Å². The molecule has 0 spiro atoms. The van der Waals surface area contributed by atoms with Gasteiger partial charge in [0.1, 0.15) is 23.4 Å². The highest BCUT2D eigenvalue weighted by atomic mass is 32.1. The molecule has 4 heterocycles. The van der Waals surface area contributed by atoms with E-state index in [9.17, 15) is 9.18 Å². The van der Waals surface area contributed by atoms with E-state index in [1.54, 1.807) is 12.1 Å². The summed E-state index contributed by atoms with van der Waals surface area (Å²) in [6.45, 7) is 2.81. The smallest absolute Gasteiger partial charge is 0.273 e. The van der Waals surface area contributed by atoms with E-state index in [-0.39, 0.29) is 29.6 Å². The van der Waals surface area contributed by atoms with Crippen molar-refractivity contribution in [1.82, 2.24) is 24.7 Å². The van der Waals surface area contributed by atoms with Gasteiger partial charge >= 0.3 is 0 Å². The van der Waals surface area contributed by atoms with Crippen molar-refractivity contribution in [2.75, 3.05) is 31.2 Å². The summed E-state index contributed by atoms with van der Waals surface area (Å²) in [7, 11) is 0. The fourth-order valence-electron chi connectivity index (χ4n) is 3.05. The molecule has 4 aromatic rings. The zero-order chi connectivity index (χ0) is 19.8. The molecule has 0 saturated carbocycles. The molecule has 5 rings (SSSR count). The van der Waals surface area contributed by atoms with Gasteiger partial charge in [0.15, 0.2) is 10.8 Å². The summed E-state index contributed by atoms with van der Waals surface area (Å²) in [4.78, 5) is 28.0. The van der Waals surface area contributed by atoms with Crippen molar-refractivity contribution in [3.8, 4) is 11.4 Å². The normalized spacial score (nSPS) is 14.6. The highest BCUT2D eigenvalue weighted by Crippen LogP contribution is 2.26. The van der Waals surface area contributed by atoms with Crippen molar-refractivity contribution < 1.29 is 13.7 Å². The van der Waals surface area contributed by atoms with Crippen LogP contribution >= 0.6 is 11.3 Å². The highest BCUT2D eigenvalue weighted by molar-refractivity contribution is 7.22. The van der Waals surface area contributed by atoms with Crippen molar-refractivity contribution in [2.45, 2.75) is 6.54 Å². The number of hydrogen-bond acceptors (Lipinski definition) is 9. The largest absolute Gasteiger partial charge is 0.378 e. The molecule has 0 aliphatic carbocycles. The second kappa shape index (κ2) is 7.33. The quantitative estimate of drug-likeness (QED) is 0.500. The lowest BCUT2D eigenvalue weighted by molar-refractivity contribution is 0.122. The molecular weight excluding hydrogens is 399 g/mol. The molecule has 0 amide bonds. The number of nitrogens with zero attached hydrogens (tertiary/aromatic N) is 6. The van der Waals surface area contributed by atoms with Crippen LogP contribution in [0.3, 0.4) is 0 Å². The Bertz CT molecular complexity index is 1230. The third-order valence-corrected chi connectivity index (χ3v) is 5.60. The monoisotopic (exact) mass is 414 g/mol. The first-order chi connectivity index (χ1) is 14.2. The number of thiazole rings is 1. The van der Waals surface area contributed by atoms with E-state index >= 15 is 0 Å². The molecule has 0 radical (unpaired) electrons. The summed E-state index contributed by atoms with van der Waals surface area (Å²) in [5, 5.41) is 4.63. The molecule has 0 atom stereocenters. The number of morpholine rings is 1. The van der Waals surface area contributed by atoms with Crippen LogP contribution in [0.4, 0.5) is 9.52 Å². The van der Waals surface area contributed by atoms with Gasteiger partial charge in [-0.15, -0.1) is 0 Å². The SMILES string of the molecule is O=c1c2sc(N3CCOCC3)nc2ncn1Cc1nc(-c2cccc(F)c2)no1. The van der Waals surface area contributed by atoms with Crippen LogP contribution in [-0.2, 0) is 11.3 Å². The topological polar surface area (TPSA) is 99.2 Å². The summed E-state index contributed by atoms with van der Waals surface area (Å²) in [6.07, 6.45) is 1.42. The van der Waals surface area contributed by atoms with Gasteiger partial charge < -0.3 is 14.2 Å². The second-order valence-corrected chi connectivity index (χ2v) is 7.43. The second-order valence-electron chi connectivity index (χ2n) is 6.45. The van der Waals surface area contributed by atoms with Gasteiger partial charge in [-0.05, 0) is 12.1 Å². The minimum Gasteiger partial charge on any atom is -0.378 e. The van der Waals surface area contributed by atoms with Crippen molar-refractivity contribution in [3.05, 3.63) is 52.7 Å². The molecule has 1 aliphatic rings. The van der Waals surface area contributed by atoms with Gasteiger partial charge in [0.2, 0.25) is 11.7 Å². The number of anilines is 1. The van der Waals surface area contributed by atoms with Crippen LogP contribution in [0.2, 0.25) is 0 Å². The summed E-state index contributed by atoms with van der Waals surface area (Å²) in [5.74, 6) is 0.0976. The van der Waals surface area contributed by atoms with Gasteiger partial charge in [0, 0.05) is 18.7 Å². The third kappa shape index (κ3) is 3.49. The molecule has 0 bridgehead atoms. The van der Waals surface area contributed by atoms with Crippen LogP contribution < -0.4 is 10.5 Å². The summed E-state index contributed by atoms with van der Waals surface area (Å²) >= 11 is 1.31. The molecule has 1 fully saturated rings. The summed E-state index contributed by atoms with van der Waals surface area (Å²) in [5.41, 5.74) is 0.694. The fraction of sp³-hybridized carbons (Fsp3) is 0.278. The zero-order valence-corrected chi connectivity index (χ0v) is 15.9. The maximum absolute atomic E-state index is 13.4. The van der Waals surface area contributed by atoms with E-state index in [0.29, 0.717) is 29.1 Å². The lowest BCUT2D eigenvalue weighted by Crippen LogP contribution is -2.36. The maximum atomic E-state index is 13.4. The first kappa shape index (κ1) is 17.9. The van der Waals surface area contributed by atoms with Crippen LogP contribution in [0.15, 0.2) is 39.9 Å². The molecule has 148 valence electrons. The fourth-order valence-corrected chi connectivity index (χ4v) is 4.07. The standard InChI is InChI=1S/C18H15FN6O3S/c19-12-3-1-2-11(8-12)15-21-13(28-23-15)9-25-10-20-16-14(17(25)26)29-18(22-16)24-4-6-27-7-5-24/h1-3,8,10H,4-7,9H2. The Morgan fingerprint density at radius 2 is 2.07 bits per heavy atom. The van der Waals surface area contributed by atoms with E-state index in [2.05, 4.69) is 25.0 Å². The van der Waals surface area contributed by atoms with Gasteiger partial charge in [-0.1, -0.05) is 28.6 Å². The predicted molar refractivity (Wildman–Crippen MR) is 104 cm³/mol. The Balaban J connectivity index is 1.42. The molecule has 11 heteroatoms. The molecule has 3 aromatic heterocycles. The molecule has 1 aliphatic heterocycles. The predicted octanol–water partition coefficient (Wildman–Crippen LogP) is 1.93. The number of rotatable bonds is 4. The molecule has 1 saturated heterocycles. The molecule has 1 aromatic carbocycles. The van der Waals surface area contributed by atoms with Gasteiger partial charge in [-0.25, -0.2) is 9.37 Å². The number of fused-ring (bicyclic) bond motifs is 1. The summed E-state index contributed by atoms with van der Waals surface area (Å²) in [6, 6.07) is 5.91. The number of halogens is 1. The van der Waals surface area contributed by atoms with E-state index in [1.807, 2.05) is 0 Å². The maximum Gasteiger partial charge on any atom is 0.273 e. The van der Waals surface area contributed by atoms with Gasteiger partial charge in [0.05, 0.1) is 13.2 Å². The minimum atomic E-state index is -0.388. The lowest BCUT2D eigenvalue weighted by atomic mass is 10.2. The molecule has 0 unspecified atom stereocenters. The first-order valence-electron chi connectivity index (χ1n) is 8.94. The number of aromatic nitrogens is 5. The molecular formula is C18H15FN6O3S. The average molecular weight is 414 g/mol. The Morgan fingerprint density at radius 1 is 1.21 bits per heavy atom.